The number of ketones is 3. The van der Waals surface area contributed by atoms with Crippen molar-refractivity contribution in [3.63, 3.8) is 0 Å². The van der Waals surface area contributed by atoms with Gasteiger partial charge in [0, 0.05) is 78.1 Å². The molecule has 0 saturated heterocycles. The number of para-hydroxylation sites is 1. The van der Waals surface area contributed by atoms with E-state index in [2.05, 4.69) is 27.8 Å². The molecule has 1 aliphatic carbocycles. The van der Waals surface area contributed by atoms with E-state index in [1.807, 2.05) is 54.6 Å². The maximum Gasteiger partial charge on any atom is 0.343 e. The van der Waals surface area contributed by atoms with Gasteiger partial charge in [0.15, 0.2) is 17.2 Å². The van der Waals surface area contributed by atoms with E-state index in [4.69, 9.17) is 14.5 Å². The Balaban J connectivity index is 0.689. The number of esters is 1. The van der Waals surface area contributed by atoms with Crippen molar-refractivity contribution in [1.29, 1.82) is 0 Å². The van der Waals surface area contributed by atoms with E-state index in [1.165, 1.54) is 10.6 Å². The van der Waals surface area contributed by atoms with Gasteiger partial charge >= 0.3 is 5.97 Å². The standard InChI is InChI=1S/C64H61FN6O12/c1-3-64(81)49-29-54-60-47(34-71(54)62(79)48(49)35-83-63(64)80)59-51(22-21-46-37(2)50(65)30-52(69-60)58(46)59)68-56(76)36-82-26-25-44(73)31-67-61(78)42(27-38-11-5-4-6-12-38)28-45(74)32-66-55(75)23-19-43(72)20-24-57(77)70-33-41-15-8-7-13-39(41)17-18-40-14-9-10-16-53(40)70/h4-16,29-30,42,51,81H,3,19-28,31-36H2,1-2H3,(H,66,75)(H,67,78)(H,68,76)/t42-,51+,64+/m1/s1. The minimum atomic E-state index is -2.05. The van der Waals surface area contributed by atoms with E-state index < -0.39 is 77.3 Å². The van der Waals surface area contributed by atoms with E-state index in [9.17, 15) is 48.3 Å². The normalized spacial score (nSPS) is 16.5. The topological polar surface area (TPSA) is 249 Å². The zero-order chi connectivity index (χ0) is 58.5. The molecule has 19 heteroatoms. The van der Waals surface area contributed by atoms with E-state index >= 15 is 4.39 Å². The fourth-order valence-electron chi connectivity index (χ4n) is 11.5. The van der Waals surface area contributed by atoms with E-state index in [0.29, 0.717) is 63.1 Å². The van der Waals surface area contributed by atoms with Crippen molar-refractivity contribution in [3.05, 3.63) is 163 Å². The lowest BCUT2D eigenvalue weighted by atomic mass is 9.81. The van der Waals surface area contributed by atoms with Gasteiger partial charge in [-0.15, -0.1) is 0 Å². The van der Waals surface area contributed by atoms with Crippen LogP contribution in [0.5, 0.6) is 0 Å². The number of benzene rings is 4. The Hall–Kier alpha value is -8.99. The molecule has 3 atom stereocenters. The molecule has 4 N–H and O–H groups in total. The minimum Gasteiger partial charge on any atom is -0.458 e. The van der Waals surface area contributed by atoms with Gasteiger partial charge in [-0.05, 0) is 84.7 Å². The number of hydrogen-bond donors (Lipinski definition) is 4. The molecule has 4 aliphatic rings. The van der Waals surface area contributed by atoms with Gasteiger partial charge < -0.3 is 40.0 Å². The highest BCUT2D eigenvalue weighted by Crippen LogP contribution is 2.46. The molecule has 0 bridgehead atoms. The van der Waals surface area contributed by atoms with Gasteiger partial charge in [-0.2, -0.15) is 0 Å². The molecule has 426 valence electrons. The van der Waals surface area contributed by atoms with E-state index in [1.54, 1.807) is 49.1 Å². The summed E-state index contributed by atoms with van der Waals surface area (Å²) < 4.78 is 27.8. The third kappa shape index (κ3) is 12.2. The highest BCUT2D eigenvalue weighted by atomic mass is 19.1. The Labute approximate surface area is 477 Å². The molecular formula is C64H61FN6O12. The molecule has 6 aromatic rings. The van der Waals surface area contributed by atoms with Gasteiger partial charge in [0.1, 0.15) is 24.8 Å². The number of nitrogens with one attached hydrogen (secondary N) is 3. The van der Waals surface area contributed by atoms with E-state index in [0.717, 1.165) is 22.3 Å². The molecule has 3 aliphatic heterocycles. The number of rotatable bonds is 22. The summed E-state index contributed by atoms with van der Waals surface area (Å²) in [4.78, 5) is 126. The van der Waals surface area contributed by atoms with Crippen LogP contribution in [-0.2, 0) is 86.0 Å². The maximum absolute atomic E-state index is 15.4. The van der Waals surface area contributed by atoms with Crippen LogP contribution in [0, 0.1) is 30.5 Å². The highest BCUT2D eigenvalue weighted by Gasteiger charge is 2.46. The third-order valence-corrected chi connectivity index (χ3v) is 16.0. The number of aryl methyl sites for hydroxylation is 1. The summed E-state index contributed by atoms with van der Waals surface area (Å²) >= 11 is 0. The molecule has 83 heavy (non-hydrogen) atoms. The maximum atomic E-state index is 15.4. The first kappa shape index (κ1) is 57.3. The number of Topliss-reactive ketones (excluding diaryl/α,β-unsaturated/α-hetero) is 3. The molecule has 5 heterocycles. The minimum absolute atomic E-state index is 0.0436. The number of halogens is 1. The number of amides is 4. The van der Waals surface area contributed by atoms with Crippen molar-refractivity contribution in [1.82, 2.24) is 25.5 Å². The number of aliphatic hydroxyl groups is 1. The second-order valence-electron chi connectivity index (χ2n) is 21.4. The van der Waals surface area contributed by atoms with Crippen molar-refractivity contribution in [3.8, 4) is 23.2 Å². The van der Waals surface area contributed by atoms with E-state index in [-0.39, 0.29) is 107 Å². The zero-order valence-electron chi connectivity index (χ0n) is 46.0. The highest BCUT2D eigenvalue weighted by molar-refractivity contribution is 5.98. The zero-order valence-corrected chi connectivity index (χ0v) is 46.0. The first-order chi connectivity index (χ1) is 40.0. The van der Waals surface area contributed by atoms with Gasteiger partial charge in [0.2, 0.25) is 23.6 Å². The smallest absolute Gasteiger partial charge is 0.343 e. The fraction of sp³-hybridized carbons (Fsp3) is 0.344. The summed E-state index contributed by atoms with van der Waals surface area (Å²) in [6, 6.07) is 26.2. The summed E-state index contributed by atoms with van der Waals surface area (Å²) in [5.74, 6) is 1.13. The average molecular weight is 1130 g/mol. The van der Waals surface area contributed by atoms with Crippen LogP contribution in [0.4, 0.5) is 10.1 Å². The van der Waals surface area contributed by atoms with Crippen LogP contribution < -0.4 is 26.4 Å². The third-order valence-electron chi connectivity index (χ3n) is 16.0. The number of anilines is 1. The Kier molecular flexibility index (Phi) is 17.0. The molecule has 10 rings (SSSR count). The lowest BCUT2D eigenvalue weighted by Crippen LogP contribution is -2.44. The predicted octanol–water partition coefficient (Wildman–Crippen LogP) is 5.73. The average Bonchev–Trinajstić information content (AvgIpc) is 2.04. The molecule has 0 saturated carbocycles. The molecule has 0 fully saturated rings. The number of fused-ring (bicyclic) bond motifs is 7. The number of pyridine rings is 2. The number of cyclic esters (lactones) is 1. The van der Waals surface area contributed by atoms with Gasteiger partial charge in [0.25, 0.3) is 5.56 Å². The first-order valence-electron chi connectivity index (χ1n) is 27.8. The Morgan fingerprint density at radius 2 is 1.54 bits per heavy atom. The molecule has 0 spiro atoms. The van der Waals surface area contributed by atoms with Gasteiger partial charge in [-0.25, -0.2) is 14.2 Å². The summed E-state index contributed by atoms with van der Waals surface area (Å²) in [5, 5.41) is 20.3. The second-order valence-corrected chi connectivity index (χ2v) is 21.4. The van der Waals surface area contributed by atoms with Crippen LogP contribution in [0.25, 0.3) is 22.3 Å². The van der Waals surface area contributed by atoms with Crippen LogP contribution in [-0.4, -0.2) is 87.9 Å². The quantitative estimate of drug-likeness (QED) is 0.0360. The summed E-state index contributed by atoms with van der Waals surface area (Å²) in [5.41, 5.74) is 5.11. The molecule has 0 unspecified atom stereocenters. The molecule has 4 amide bonds. The summed E-state index contributed by atoms with van der Waals surface area (Å²) in [6.07, 6.45) is 0.0225. The number of carbonyl (C=O) groups excluding carboxylic acids is 8. The summed E-state index contributed by atoms with van der Waals surface area (Å²) in [7, 11) is 0. The van der Waals surface area contributed by atoms with Crippen LogP contribution >= 0.6 is 0 Å². The SMILES string of the molecule is CC[C@@]1(O)C(=O)OCc2c1cc1n(c2=O)Cc2c-1nc1cc(F)c(C)c3c1c2[C@@H](NC(=O)COCCC(=O)CNC(=O)[C@@H](CC(=O)CNC(=O)CCC(=O)CCC(=O)N1Cc2ccccc2C#Cc2ccccc21)Cc1ccccc1)CC3. The predicted molar refractivity (Wildman–Crippen MR) is 302 cm³/mol. The molecule has 2 aromatic heterocycles. The lowest BCUT2D eigenvalue weighted by molar-refractivity contribution is -0.172. The number of nitrogens with zero attached hydrogens (tertiary/aromatic N) is 3. The van der Waals surface area contributed by atoms with Crippen molar-refractivity contribution < 1.29 is 57.3 Å². The van der Waals surface area contributed by atoms with Crippen LogP contribution in [0.1, 0.15) is 120 Å². The largest absolute Gasteiger partial charge is 0.458 e. The fourth-order valence-corrected chi connectivity index (χ4v) is 11.5. The van der Waals surface area contributed by atoms with Crippen LogP contribution in [0.3, 0.4) is 0 Å². The lowest BCUT2D eigenvalue weighted by Gasteiger charge is -2.31. The second kappa shape index (κ2) is 24.6. The van der Waals surface area contributed by atoms with Crippen LogP contribution in [0.15, 0.2) is 95.8 Å². The monoisotopic (exact) mass is 1120 g/mol. The number of aromatic nitrogens is 2. The summed E-state index contributed by atoms with van der Waals surface area (Å²) in [6.45, 7) is 1.98. The molecule has 18 nitrogen and oxygen atoms in total. The Bertz CT molecular complexity index is 3790. The van der Waals surface area contributed by atoms with Gasteiger partial charge in [0.05, 0.1) is 67.0 Å². The number of hydrogen-bond acceptors (Lipinski definition) is 13. The number of ether oxygens (including phenoxy) is 2. The van der Waals surface area contributed by atoms with Crippen molar-refractivity contribution in [2.75, 3.05) is 31.2 Å². The molecule has 4 aromatic carbocycles. The first-order valence-corrected chi connectivity index (χ1v) is 27.8. The van der Waals surface area contributed by atoms with Crippen molar-refractivity contribution in [2.24, 2.45) is 5.92 Å². The van der Waals surface area contributed by atoms with Gasteiger partial charge in [-0.3, -0.25) is 38.4 Å². The Morgan fingerprint density at radius 3 is 2.34 bits per heavy atom. The van der Waals surface area contributed by atoms with Crippen LogP contribution in [0.2, 0.25) is 0 Å². The molecule has 0 radical (unpaired) electrons. The van der Waals surface area contributed by atoms with Gasteiger partial charge in [-0.1, -0.05) is 79.4 Å². The molecular weight excluding hydrogens is 1060 g/mol. The van der Waals surface area contributed by atoms with Crippen molar-refractivity contribution in [2.45, 2.75) is 109 Å². The number of carbonyl (C=O) groups is 8. The Morgan fingerprint density at radius 1 is 0.819 bits per heavy atom. The van der Waals surface area contributed by atoms with Crippen molar-refractivity contribution >= 4 is 63.5 Å².